The van der Waals surface area contributed by atoms with Crippen molar-refractivity contribution in [1.82, 2.24) is 14.6 Å². The van der Waals surface area contributed by atoms with Crippen LogP contribution in [0.4, 0.5) is 0 Å². The molecule has 0 unspecified atom stereocenters. The molecule has 5 nitrogen and oxygen atoms in total. The van der Waals surface area contributed by atoms with Crippen LogP contribution in [-0.4, -0.2) is 25.7 Å². The van der Waals surface area contributed by atoms with Crippen molar-refractivity contribution in [3.8, 4) is 0 Å². The van der Waals surface area contributed by atoms with E-state index in [2.05, 4.69) is 23.9 Å². The van der Waals surface area contributed by atoms with Gasteiger partial charge in [0.05, 0.1) is 5.69 Å². The van der Waals surface area contributed by atoms with Crippen molar-refractivity contribution in [2.75, 3.05) is 0 Å². The van der Waals surface area contributed by atoms with Gasteiger partial charge in [-0.15, -0.1) is 0 Å². The van der Waals surface area contributed by atoms with Gasteiger partial charge in [-0.3, -0.25) is 0 Å². The van der Waals surface area contributed by atoms with Crippen molar-refractivity contribution in [2.45, 2.75) is 27.2 Å². The predicted molar refractivity (Wildman–Crippen MR) is 61.1 cm³/mol. The van der Waals surface area contributed by atoms with Crippen LogP contribution < -0.4 is 0 Å². The molecule has 0 saturated carbocycles. The molecule has 0 fully saturated rings. The van der Waals surface area contributed by atoms with E-state index in [0.29, 0.717) is 16.6 Å². The van der Waals surface area contributed by atoms with Crippen LogP contribution in [0.5, 0.6) is 0 Å². The molecule has 0 spiro atoms. The second-order valence-electron chi connectivity index (χ2n) is 4.14. The molecule has 0 aliphatic carbocycles. The number of hydrogen-bond donors (Lipinski definition) is 1. The summed E-state index contributed by atoms with van der Waals surface area (Å²) in [6.45, 7) is 5.90. The number of nitrogens with zero attached hydrogens (tertiary/aromatic N) is 3. The Morgan fingerprint density at radius 3 is 2.81 bits per heavy atom. The lowest BCUT2D eigenvalue weighted by molar-refractivity contribution is 0.0687. The fraction of sp³-hybridized carbons (Fsp3) is 0.500. The number of carboxylic acid groups (broad SMARTS) is 1. The maximum atomic E-state index is 11.0. The number of carboxylic acids is 1. The summed E-state index contributed by atoms with van der Waals surface area (Å²) in [5.41, 5.74) is 0.684. The van der Waals surface area contributed by atoms with Gasteiger partial charge >= 0.3 is 5.97 Å². The highest BCUT2D eigenvalue weighted by molar-refractivity contribution is 7.16. The van der Waals surface area contributed by atoms with Gasteiger partial charge in [0, 0.05) is 6.42 Å². The minimum atomic E-state index is -0.980. The molecule has 2 rings (SSSR count). The molecule has 0 amide bonds. The van der Waals surface area contributed by atoms with Crippen LogP contribution in [0.2, 0.25) is 0 Å². The number of hydrogen-bond acceptors (Lipinski definition) is 4. The Morgan fingerprint density at radius 1 is 1.56 bits per heavy atom. The van der Waals surface area contributed by atoms with E-state index >= 15 is 0 Å². The summed E-state index contributed by atoms with van der Waals surface area (Å²) in [6, 6.07) is 0. The molecule has 0 aliphatic rings. The highest BCUT2D eigenvalue weighted by Crippen LogP contribution is 2.20. The van der Waals surface area contributed by atoms with Crippen molar-refractivity contribution >= 4 is 22.3 Å². The first kappa shape index (κ1) is 11.1. The Labute approximate surface area is 96.7 Å². The Bertz CT molecular complexity index is 541. The first-order chi connectivity index (χ1) is 7.49. The van der Waals surface area contributed by atoms with Gasteiger partial charge in [-0.25, -0.2) is 9.78 Å². The van der Waals surface area contributed by atoms with Crippen LogP contribution in [0.3, 0.4) is 0 Å². The summed E-state index contributed by atoms with van der Waals surface area (Å²) in [6.07, 6.45) is 0.853. The SMILES string of the molecule is Cc1nc2sc(CC(C)C)nn2c1C(=O)O. The molecule has 0 atom stereocenters. The van der Waals surface area contributed by atoms with Crippen molar-refractivity contribution < 1.29 is 9.90 Å². The standard InChI is InChI=1S/C10H13N3O2S/c1-5(2)4-7-12-13-8(9(14)15)6(3)11-10(13)16-7/h5H,4H2,1-3H3,(H,14,15). The monoisotopic (exact) mass is 239 g/mol. The number of carbonyl (C=O) groups is 1. The summed E-state index contributed by atoms with van der Waals surface area (Å²) >= 11 is 1.46. The highest BCUT2D eigenvalue weighted by atomic mass is 32.1. The second-order valence-corrected chi connectivity index (χ2v) is 5.18. The van der Waals surface area contributed by atoms with E-state index < -0.39 is 5.97 Å². The molecule has 0 saturated heterocycles. The van der Waals surface area contributed by atoms with E-state index in [-0.39, 0.29) is 5.69 Å². The topological polar surface area (TPSA) is 67.5 Å². The number of rotatable bonds is 3. The average Bonchev–Trinajstić information content (AvgIpc) is 2.57. The molecule has 0 radical (unpaired) electrons. The van der Waals surface area contributed by atoms with E-state index in [1.807, 2.05) is 0 Å². The fourth-order valence-corrected chi connectivity index (χ4v) is 2.72. The van der Waals surface area contributed by atoms with Gasteiger partial charge < -0.3 is 5.11 Å². The van der Waals surface area contributed by atoms with Crippen molar-refractivity contribution in [3.63, 3.8) is 0 Å². The minimum Gasteiger partial charge on any atom is -0.476 e. The van der Waals surface area contributed by atoms with E-state index in [0.717, 1.165) is 11.4 Å². The maximum Gasteiger partial charge on any atom is 0.356 e. The Morgan fingerprint density at radius 2 is 2.25 bits per heavy atom. The Hall–Kier alpha value is -1.43. The molecular weight excluding hydrogens is 226 g/mol. The summed E-state index contributed by atoms with van der Waals surface area (Å²) in [5.74, 6) is -0.475. The van der Waals surface area contributed by atoms with Crippen LogP contribution in [0.1, 0.15) is 35.0 Å². The zero-order valence-electron chi connectivity index (χ0n) is 9.39. The molecule has 86 valence electrons. The lowest BCUT2D eigenvalue weighted by Crippen LogP contribution is -2.05. The molecule has 0 aliphatic heterocycles. The largest absolute Gasteiger partial charge is 0.476 e. The van der Waals surface area contributed by atoms with E-state index in [9.17, 15) is 4.79 Å². The number of aryl methyl sites for hydroxylation is 1. The quantitative estimate of drug-likeness (QED) is 0.889. The molecule has 16 heavy (non-hydrogen) atoms. The number of fused-ring (bicyclic) bond motifs is 1. The lowest BCUT2D eigenvalue weighted by atomic mass is 10.1. The summed E-state index contributed by atoms with van der Waals surface area (Å²) < 4.78 is 1.43. The molecule has 0 bridgehead atoms. The molecule has 2 aromatic heterocycles. The van der Waals surface area contributed by atoms with Crippen LogP contribution in [0.25, 0.3) is 4.96 Å². The third-order valence-electron chi connectivity index (χ3n) is 2.21. The molecular formula is C10H13N3O2S. The van der Waals surface area contributed by atoms with Gasteiger partial charge in [0.15, 0.2) is 5.69 Å². The van der Waals surface area contributed by atoms with Crippen molar-refractivity contribution in [2.24, 2.45) is 5.92 Å². The Kier molecular flexibility index (Phi) is 2.67. The first-order valence-corrected chi connectivity index (χ1v) is 5.89. The molecule has 0 aromatic carbocycles. The Balaban J connectivity index is 2.51. The van der Waals surface area contributed by atoms with Gasteiger partial charge in [0.1, 0.15) is 5.01 Å². The average molecular weight is 239 g/mol. The smallest absolute Gasteiger partial charge is 0.356 e. The fourth-order valence-electron chi connectivity index (χ4n) is 1.57. The van der Waals surface area contributed by atoms with Gasteiger partial charge in [0.2, 0.25) is 4.96 Å². The van der Waals surface area contributed by atoms with E-state index in [1.54, 1.807) is 6.92 Å². The molecule has 6 heteroatoms. The van der Waals surface area contributed by atoms with Gasteiger partial charge in [0.25, 0.3) is 0 Å². The maximum absolute atomic E-state index is 11.0. The summed E-state index contributed by atoms with van der Waals surface area (Å²) in [4.78, 5) is 15.9. The van der Waals surface area contributed by atoms with Crippen molar-refractivity contribution in [1.29, 1.82) is 0 Å². The zero-order chi connectivity index (χ0) is 11.9. The number of aromatic nitrogens is 3. The van der Waals surface area contributed by atoms with Crippen molar-refractivity contribution in [3.05, 3.63) is 16.4 Å². The van der Waals surface area contributed by atoms with Gasteiger partial charge in [-0.1, -0.05) is 25.2 Å². The van der Waals surface area contributed by atoms with E-state index in [4.69, 9.17) is 5.11 Å². The molecule has 1 N–H and O–H groups in total. The molecule has 2 heterocycles. The minimum absolute atomic E-state index is 0.168. The van der Waals surface area contributed by atoms with Gasteiger partial charge in [-0.05, 0) is 12.8 Å². The second kappa shape index (κ2) is 3.86. The first-order valence-electron chi connectivity index (χ1n) is 5.07. The predicted octanol–water partition coefficient (Wildman–Crippen LogP) is 2.00. The number of aromatic carboxylic acids is 1. The van der Waals surface area contributed by atoms with Crippen LogP contribution in [-0.2, 0) is 6.42 Å². The molecule has 2 aromatic rings. The van der Waals surface area contributed by atoms with Gasteiger partial charge in [-0.2, -0.15) is 9.61 Å². The van der Waals surface area contributed by atoms with Crippen LogP contribution >= 0.6 is 11.3 Å². The van der Waals surface area contributed by atoms with Crippen LogP contribution in [0, 0.1) is 12.8 Å². The highest BCUT2D eigenvalue weighted by Gasteiger charge is 2.19. The zero-order valence-corrected chi connectivity index (χ0v) is 10.2. The van der Waals surface area contributed by atoms with E-state index in [1.165, 1.54) is 15.9 Å². The van der Waals surface area contributed by atoms with Crippen LogP contribution in [0.15, 0.2) is 0 Å². The lowest BCUT2D eigenvalue weighted by Gasteiger charge is -1.98. The third kappa shape index (κ3) is 1.80. The summed E-state index contributed by atoms with van der Waals surface area (Å²) in [7, 11) is 0. The number of imidazole rings is 1. The third-order valence-corrected chi connectivity index (χ3v) is 3.14. The summed E-state index contributed by atoms with van der Waals surface area (Å²) in [5, 5.41) is 14.3. The normalized spacial score (nSPS) is 11.5.